The van der Waals surface area contributed by atoms with Gasteiger partial charge in [-0.25, -0.2) is 24.6 Å². The van der Waals surface area contributed by atoms with Crippen LogP contribution >= 0.6 is 0 Å². The summed E-state index contributed by atoms with van der Waals surface area (Å²) in [6, 6.07) is 15.5. The third-order valence-corrected chi connectivity index (χ3v) is 3.73. The van der Waals surface area contributed by atoms with Crippen molar-refractivity contribution in [3.63, 3.8) is 0 Å². The highest BCUT2D eigenvalue weighted by molar-refractivity contribution is 5.85. The highest BCUT2D eigenvalue weighted by Crippen LogP contribution is 2.18. The van der Waals surface area contributed by atoms with E-state index in [0.717, 1.165) is 10.9 Å². The Bertz CT molecular complexity index is 1080. The van der Waals surface area contributed by atoms with Gasteiger partial charge in [0.25, 0.3) is 0 Å². The fourth-order valence-corrected chi connectivity index (χ4v) is 2.55. The van der Waals surface area contributed by atoms with E-state index < -0.39 is 6.09 Å². The average Bonchev–Trinajstić information content (AvgIpc) is 3.05. The highest BCUT2D eigenvalue weighted by Gasteiger charge is 2.09. The fourth-order valence-electron chi connectivity index (χ4n) is 2.55. The summed E-state index contributed by atoms with van der Waals surface area (Å²) < 4.78 is 20.0. The summed E-state index contributed by atoms with van der Waals surface area (Å²) in [6.45, 7) is 0. The monoisotopic (exact) mass is 348 g/mol. The van der Waals surface area contributed by atoms with Crippen molar-refractivity contribution >= 4 is 17.0 Å². The van der Waals surface area contributed by atoms with Crippen molar-refractivity contribution in [1.29, 1.82) is 0 Å². The van der Waals surface area contributed by atoms with Crippen LogP contribution < -0.4 is 10.2 Å². The van der Waals surface area contributed by atoms with Gasteiger partial charge in [0.1, 0.15) is 5.82 Å². The largest absolute Gasteiger partial charge is 0.432 e. The molecule has 6 nitrogen and oxygen atoms in total. The minimum absolute atomic E-state index is 0.180. The molecular weight excluding hydrogens is 335 g/mol. The molecular formula is C19H13FN4O2. The first-order chi connectivity index (χ1) is 12.7. The van der Waals surface area contributed by atoms with Crippen molar-refractivity contribution < 1.29 is 13.9 Å². The number of hydrogen-bond donors (Lipinski definition) is 1. The molecule has 0 atom stereocenters. The van der Waals surface area contributed by atoms with Gasteiger partial charge in [-0.2, -0.15) is 0 Å². The van der Waals surface area contributed by atoms with Crippen LogP contribution in [0.1, 0.15) is 0 Å². The Labute approximate surface area is 147 Å². The van der Waals surface area contributed by atoms with E-state index in [1.54, 1.807) is 23.0 Å². The van der Waals surface area contributed by atoms with Gasteiger partial charge in [0, 0.05) is 17.1 Å². The zero-order chi connectivity index (χ0) is 17.9. The van der Waals surface area contributed by atoms with E-state index in [9.17, 15) is 9.18 Å². The summed E-state index contributed by atoms with van der Waals surface area (Å²) in [5, 5.41) is 0.996. The molecule has 0 aliphatic carbocycles. The molecule has 26 heavy (non-hydrogen) atoms. The van der Waals surface area contributed by atoms with Crippen molar-refractivity contribution in [3.8, 4) is 17.1 Å². The smallest absolute Gasteiger partial charge is 0.406 e. The number of nitrogens with zero attached hydrogens (tertiary/aromatic N) is 3. The van der Waals surface area contributed by atoms with Gasteiger partial charge in [-0.3, -0.25) is 4.68 Å². The first-order valence-electron chi connectivity index (χ1n) is 7.82. The lowest BCUT2D eigenvalue weighted by Crippen LogP contribution is -2.25. The van der Waals surface area contributed by atoms with Crippen molar-refractivity contribution in [2.24, 2.45) is 0 Å². The number of amides is 1. The number of rotatable bonds is 3. The standard InChI is InChI=1S/C19H13FN4O2/c20-15-6-3-5-14(10-15)18-21-11-16(12-22-18)26-19(25)23-24-9-8-13-4-1-2-7-17(13)24/h1-12H,(H,23,25). The van der Waals surface area contributed by atoms with Gasteiger partial charge in [0.2, 0.25) is 0 Å². The van der Waals surface area contributed by atoms with E-state index in [0.29, 0.717) is 11.4 Å². The number of nitrogens with one attached hydrogen (secondary N) is 1. The van der Waals surface area contributed by atoms with Crippen LogP contribution in [0.4, 0.5) is 9.18 Å². The first kappa shape index (κ1) is 15.8. The number of aromatic nitrogens is 3. The lowest BCUT2D eigenvalue weighted by atomic mass is 10.2. The minimum Gasteiger partial charge on any atom is -0.406 e. The van der Waals surface area contributed by atoms with Crippen LogP contribution in [0, 0.1) is 5.82 Å². The van der Waals surface area contributed by atoms with Crippen LogP contribution in [0.5, 0.6) is 5.75 Å². The molecule has 0 bridgehead atoms. The molecule has 4 aromatic rings. The minimum atomic E-state index is -0.673. The van der Waals surface area contributed by atoms with Crippen LogP contribution in [0.15, 0.2) is 73.2 Å². The number of carbonyl (C=O) groups excluding carboxylic acids is 1. The van der Waals surface area contributed by atoms with Gasteiger partial charge in [0.15, 0.2) is 11.6 Å². The lowest BCUT2D eigenvalue weighted by molar-refractivity contribution is 0.211. The zero-order valence-electron chi connectivity index (χ0n) is 13.5. The van der Waals surface area contributed by atoms with Crippen molar-refractivity contribution in [2.75, 3.05) is 5.43 Å². The Morgan fingerprint density at radius 3 is 2.65 bits per heavy atom. The number of hydrogen-bond acceptors (Lipinski definition) is 4. The summed E-state index contributed by atoms with van der Waals surface area (Å²) in [7, 11) is 0. The van der Waals surface area contributed by atoms with Gasteiger partial charge in [0.05, 0.1) is 17.9 Å². The quantitative estimate of drug-likeness (QED) is 0.608. The van der Waals surface area contributed by atoms with Gasteiger partial charge in [-0.1, -0.05) is 30.3 Å². The Kier molecular flexibility index (Phi) is 4.03. The van der Waals surface area contributed by atoms with Crippen molar-refractivity contribution in [1.82, 2.24) is 14.6 Å². The second-order valence-electron chi connectivity index (χ2n) is 5.50. The van der Waals surface area contributed by atoms with Crippen molar-refractivity contribution in [2.45, 2.75) is 0 Å². The van der Waals surface area contributed by atoms with Gasteiger partial charge >= 0.3 is 6.09 Å². The van der Waals surface area contributed by atoms with Crippen LogP contribution in [0.25, 0.3) is 22.3 Å². The van der Waals surface area contributed by atoms with E-state index in [2.05, 4.69) is 15.4 Å². The maximum absolute atomic E-state index is 13.3. The molecule has 0 unspecified atom stereocenters. The van der Waals surface area contributed by atoms with Crippen molar-refractivity contribution in [3.05, 3.63) is 79.0 Å². The maximum atomic E-state index is 13.3. The second-order valence-corrected chi connectivity index (χ2v) is 5.50. The predicted octanol–water partition coefficient (Wildman–Crippen LogP) is 3.98. The number of carbonyl (C=O) groups is 1. The summed E-state index contributed by atoms with van der Waals surface area (Å²) in [6.07, 6.45) is 3.78. The van der Waals surface area contributed by atoms with Gasteiger partial charge in [-0.15, -0.1) is 0 Å². The number of fused-ring (bicyclic) bond motifs is 1. The Hall–Kier alpha value is -3.74. The molecule has 0 saturated carbocycles. The average molecular weight is 348 g/mol. The summed E-state index contributed by atoms with van der Waals surface area (Å²) in [4.78, 5) is 20.3. The number of halogens is 1. The predicted molar refractivity (Wildman–Crippen MR) is 94.7 cm³/mol. The molecule has 4 rings (SSSR count). The molecule has 128 valence electrons. The zero-order valence-corrected chi connectivity index (χ0v) is 13.5. The van der Waals surface area contributed by atoms with Gasteiger partial charge < -0.3 is 4.74 Å². The molecule has 0 fully saturated rings. The van der Waals surface area contributed by atoms with Gasteiger partial charge in [-0.05, 0) is 24.3 Å². The van der Waals surface area contributed by atoms with E-state index in [1.165, 1.54) is 24.5 Å². The molecule has 2 aromatic heterocycles. The summed E-state index contributed by atoms with van der Waals surface area (Å²) in [5.74, 6) is 0.150. The van der Waals surface area contributed by atoms with E-state index in [1.807, 2.05) is 30.3 Å². The van der Waals surface area contributed by atoms with Crippen LogP contribution in [-0.4, -0.2) is 20.7 Å². The summed E-state index contributed by atoms with van der Waals surface area (Å²) in [5.41, 5.74) is 4.01. The molecule has 0 radical (unpaired) electrons. The van der Waals surface area contributed by atoms with E-state index in [4.69, 9.17) is 4.74 Å². The first-order valence-corrected chi connectivity index (χ1v) is 7.82. The Morgan fingerprint density at radius 2 is 1.85 bits per heavy atom. The van der Waals surface area contributed by atoms with E-state index >= 15 is 0 Å². The number of benzene rings is 2. The van der Waals surface area contributed by atoms with Crippen LogP contribution in [-0.2, 0) is 0 Å². The molecule has 2 heterocycles. The summed E-state index contributed by atoms with van der Waals surface area (Å²) >= 11 is 0. The molecule has 7 heteroatoms. The molecule has 1 amide bonds. The maximum Gasteiger partial charge on any atom is 0.432 e. The third-order valence-electron chi connectivity index (χ3n) is 3.73. The van der Waals surface area contributed by atoms with Crippen LogP contribution in [0.3, 0.4) is 0 Å². The lowest BCUT2D eigenvalue weighted by Gasteiger charge is -2.08. The molecule has 1 N–H and O–H groups in total. The molecule has 0 aliphatic heterocycles. The number of para-hydroxylation sites is 1. The highest BCUT2D eigenvalue weighted by atomic mass is 19.1. The Morgan fingerprint density at radius 1 is 1.04 bits per heavy atom. The fraction of sp³-hybridized carbons (Fsp3) is 0. The van der Waals surface area contributed by atoms with Crippen LogP contribution in [0.2, 0.25) is 0 Å². The Balaban J connectivity index is 1.46. The topological polar surface area (TPSA) is 69.0 Å². The normalized spacial score (nSPS) is 10.7. The molecule has 0 saturated heterocycles. The third kappa shape index (κ3) is 3.23. The molecule has 0 spiro atoms. The van der Waals surface area contributed by atoms with E-state index in [-0.39, 0.29) is 11.6 Å². The number of ether oxygens (including phenoxy) is 1. The molecule has 0 aliphatic rings. The second kappa shape index (κ2) is 6.64. The SMILES string of the molecule is O=C(Nn1ccc2ccccc21)Oc1cnc(-c2cccc(F)c2)nc1. The molecule has 2 aromatic carbocycles.